The number of aliphatic hydroxyl groups excluding tert-OH is 1. The SMILES string of the molecule is N[C@H](CCO)c1c(F)cccc1F. The quantitative estimate of drug-likeness (QED) is 0.750. The van der Waals surface area contributed by atoms with E-state index in [0.717, 1.165) is 12.1 Å². The van der Waals surface area contributed by atoms with Crippen molar-refractivity contribution in [1.82, 2.24) is 0 Å². The molecule has 0 amide bonds. The zero-order valence-corrected chi connectivity index (χ0v) is 7.00. The molecular weight excluding hydrogens is 176 g/mol. The summed E-state index contributed by atoms with van der Waals surface area (Å²) in [5.74, 6) is -1.33. The maximum Gasteiger partial charge on any atom is 0.130 e. The van der Waals surface area contributed by atoms with Gasteiger partial charge in [-0.05, 0) is 18.6 Å². The second-order valence-electron chi connectivity index (χ2n) is 2.75. The number of aliphatic hydroxyl groups is 1. The highest BCUT2D eigenvalue weighted by Gasteiger charge is 2.15. The Bertz CT molecular complexity index is 271. The molecule has 0 bridgehead atoms. The van der Waals surface area contributed by atoms with E-state index in [0.29, 0.717) is 0 Å². The molecular formula is C9H11F2NO. The van der Waals surface area contributed by atoms with Crippen molar-refractivity contribution in [2.45, 2.75) is 12.5 Å². The van der Waals surface area contributed by atoms with Crippen LogP contribution in [0.1, 0.15) is 18.0 Å². The zero-order chi connectivity index (χ0) is 9.84. The molecule has 0 radical (unpaired) electrons. The van der Waals surface area contributed by atoms with E-state index in [1.54, 1.807) is 0 Å². The van der Waals surface area contributed by atoms with Crippen molar-refractivity contribution < 1.29 is 13.9 Å². The Morgan fingerprint density at radius 3 is 2.31 bits per heavy atom. The molecule has 0 saturated heterocycles. The van der Waals surface area contributed by atoms with Crippen molar-refractivity contribution in [3.05, 3.63) is 35.4 Å². The maximum atomic E-state index is 13.0. The lowest BCUT2D eigenvalue weighted by Gasteiger charge is -2.11. The van der Waals surface area contributed by atoms with Gasteiger partial charge in [-0.1, -0.05) is 6.07 Å². The topological polar surface area (TPSA) is 46.2 Å². The Morgan fingerprint density at radius 2 is 1.85 bits per heavy atom. The molecule has 0 heterocycles. The summed E-state index contributed by atoms with van der Waals surface area (Å²) in [6, 6.07) is 2.79. The van der Waals surface area contributed by atoms with E-state index >= 15 is 0 Å². The van der Waals surface area contributed by atoms with Gasteiger partial charge in [-0.15, -0.1) is 0 Å². The number of halogens is 2. The first kappa shape index (κ1) is 10.1. The fourth-order valence-electron chi connectivity index (χ4n) is 1.15. The van der Waals surface area contributed by atoms with Gasteiger partial charge in [0.05, 0.1) is 0 Å². The Kier molecular flexibility index (Phi) is 3.33. The average molecular weight is 187 g/mol. The van der Waals surface area contributed by atoms with E-state index in [2.05, 4.69) is 0 Å². The molecule has 13 heavy (non-hydrogen) atoms. The van der Waals surface area contributed by atoms with Crippen LogP contribution in [0.15, 0.2) is 18.2 Å². The fraction of sp³-hybridized carbons (Fsp3) is 0.333. The predicted octanol–water partition coefficient (Wildman–Crippen LogP) is 1.35. The highest BCUT2D eigenvalue weighted by atomic mass is 19.1. The van der Waals surface area contributed by atoms with Crippen LogP contribution in [-0.4, -0.2) is 11.7 Å². The molecule has 1 aromatic carbocycles. The molecule has 0 aromatic heterocycles. The lowest BCUT2D eigenvalue weighted by atomic mass is 10.0. The number of rotatable bonds is 3. The summed E-state index contributed by atoms with van der Waals surface area (Å²) >= 11 is 0. The Labute approximate surface area is 75.0 Å². The summed E-state index contributed by atoms with van der Waals surface area (Å²) in [6.07, 6.45) is 0.151. The minimum Gasteiger partial charge on any atom is -0.396 e. The van der Waals surface area contributed by atoms with Gasteiger partial charge >= 0.3 is 0 Å². The Morgan fingerprint density at radius 1 is 1.31 bits per heavy atom. The van der Waals surface area contributed by atoms with Gasteiger partial charge in [0, 0.05) is 18.2 Å². The third kappa shape index (κ3) is 2.23. The van der Waals surface area contributed by atoms with Crippen molar-refractivity contribution >= 4 is 0 Å². The van der Waals surface area contributed by atoms with Gasteiger partial charge in [-0.3, -0.25) is 0 Å². The second-order valence-corrected chi connectivity index (χ2v) is 2.75. The first-order chi connectivity index (χ1) is 6.16. The van der Waals surface area contributed by atoms with Gasteiger partial charge in [0.15, 0.2) is 0 Å². The van der Waals surface area contributed by atoms with Gasteiger partial charge < -0.3 is 10.8 Å². The normalized spacial score (nSPS) is 12.9. The van der Waals surface area contributed by atoms with Crippen molar-refractivity contribution in [1.29, 1.82) is 0 Å². The van der Waals surface area contributed by atoms with Crippen molar-refractivity contribution in [2.24, 2.45) is 5.73 Å². The van der Waals surface area contributed by atoms with Crippen LogP contribution < -0.4 is 5.73 Å². The molecule has 0 spiro atoms. The van der Waals surface area contributed by atoms with Gasteiger partial charge in [-0.25, -0.2) is 8.78 Å². The maximum absolute atomic E-state index is 13.0. The molecule has 0 unspecified atom stereocenters. The van der Waals surface area contributed by atoms with E-state index in [1.807, 2.05) is 0 Å². The molecule has 1 aromatic rings. The largest absolute Gasteiger partial charge is 0.396 e. The molecule has 0 saturated carbocycles. The lowest BCUT2D eigenvalue weighted by molar-refractivity contribution is 0.274. The van der Waals surface area contributed by atoms with Crippen molar-refractivity contribution in [2.75, 3.05) is 6.61 Å². The van der Waals surface area contributed by atoms with Crippen molar-refractivity contribution in [3.8, 4) is 0 Å². The van der Waals surface area contributed by atoms with E-state index in [1.165, 1.54) is 6.07 Å². The molecule has 1 atom stereocenters. The first-order valence-corrected chi connectivity index (χ1v) is 3.97. The lowest BCUT2D eigenvalue weighted by Crippen LogP contribution is -2.15. The van der Waals surface area contributed by atoms with Gasteiger partial charge in [-0.2, -0.15) is 0 Å². The van der Waals surface area contributed by atoms with Crippen LogP contribution in [-0.2, 0) is 0 Å². The summed E-state index contributed by atoms with van der Waals surface area (Å²) in [6.45, 7) is -0.186. The average Bonchev–Trinajstić information content (AvgIpc) is 2.04. The van der Waals surface area contributed by atoms with Crippen LogP contribution in [0.5, 0.6) is 0 Å². The number of nitrogens with two attached hydrogens (primary N) is 1. The standard InChI is InChI=1S/C9H11F2NO/c10-6-2-1-3-7(11)9(6)8(12)4-5-13/h1-3,8,13H,4-5,12H2/t8-/m1/s1. The zero-order valence-electron chi connectivity index (χ0n) is 7.00. The summed E-state index contributed by atoms with van der Waals surface area (Å²) in [7, 11) is 0. The van der Waals surface area contributed by atoms with Gasteiger partial charge in [0.2, 0.25) is 0 Å². The third-order valence-electron chi connectivity index (χ3n) is 1.81. The smallest absolute Gasteiger partial charge is 0.130 e. The monoisotopic (exact) mass is 187 g/mol. The minimum atomic E-state index is -0.786. The molecule has 3 N–H and O–H groups in total. The minimum absolute atomic E-state index is 0.151. The van der Waals surface area contributed by atoms with Crippen LogP contribution in [0, 0.1) is 11.6 Å². The van der Waals surface area contributed by atoms with E-state index in [-0.39, 0.29) is 18.6 Å². The van der Waals surface area contributed by atoms with E-state index in [9.17, 15) is 8.78 Å². The third-order valence-corrected chi connectivity index (χ3v) is 1.81. The van der Waals surface area contributed by atoms with Gasteiger partial charge in [0.25, 0.3) is 0 Å². The summed E-state index contributed by atoms with van der Waals surface area (Å²) in [4.78, 5) is 0. The molecule has 0 aliphatic carbocycles. The summed E-state index contributed by atoms with van der Waals surface area (Å²) in [5.41, 5.74) is 5.31. The molecule has 2 nitrogen and oxygen atoms in total. The summed E-state index contributed by atoms with van der Waals surface area (Å²) < 4.78 is 26.0. The number of benzene rings is 1. The molecule has 0 aliphatic heterocycles. The van der Waals surface area contributed by atoms with E-state index < -0.39 is 17.7 Å². The summed E-state index contributed by atoms with van der Waals surface area (Å²) in [5, 5.41) is 8.55. The van der Waals surface area contributed by atoms with Crippen LogP contribution in [0.4, 0.5) is 8.78 Å². The van der Waals surface area contributed by atoms with Gasteiger partial charge in [0.1, 0.15) is 11.6 Å². The molecule has 1 rings (SSSR count). The fourth-order valence-corrected chi connectivity index (χ4v) is 1.15. The highest BCUT2D eigenvalue weighted by molar-refractivity contribution is 5.22. The number of hydrogen-bond acceptors (Lipinski definition) is 2. The predicted molar refractivity (Wildman–Crippen MR) is 45.0 cm³/mol. The van der Waals surface area contributed by atoms with E-state index in [4.69, 9.17) is 10.8 Å². The second kappa shape index (κ2) is 4.30. The Balaban J connectivity index is 2.98. The molecule has 0 aliphatic rings. The molecule has 0 fully saturated rings. The van der Waals surface area contributed by atoms with Crippen LogP contribution in [0.25, 0.3) is 0 Å². The highest BCUT2D eigenvalue weighted by Crippen LogP contribution is 2.20. The van der Waals surface area contributed by atoms with Crippen molar-refractivity contribution in [3.63, 3.8) is 0 Å². The van der Waals surface area contributed by atoms with Crippen LogP contribution in [0.2, 0.25) is 0 Å². The molecule has 4 heteroatoms. The molecule has 72 valence electrons. The van der Waals surface area contributed by atoms with Crippen LogP contribution in [0.3, 0.4) is 0 Å². The van der Waals surface area contributed by atoms with Crippen LogP contribution >= 0.6 is 0 Å². The number of hydrogen-bond donors (Lipinski definition) is 2. The first-order valence-electron chi connectivity index (χ1n) is 3.97. The Hall–Kier alpha value is -1.00.